The van der Waals surface area contributed by atoms with Crippen molar-refractivity contribution in [3.8, 4) is 0 Å². The fourth-order valence-corrected chi connectivity index (χ4v) is 1.62. The van der Waals surface area contributed by atoms with Crippen molar-refractivity contribution < 1.29 is 0 Å². The van der Waals surface area contributed by atoms with E-state index >= 15 is 0 Å². The van der Waals surface area contributed by atoms with E-state index in [1.807, 2.05) is 0 Å². The van der Waals surface area contributed by atoms with Crippen LogP contribution >= 0.6 is 0 Å². The molecule has 0 aliphatic carbocycles. The molecular weight excluding hydrogens is 107 g/mol. The molecule has 3 atom stereocenters. The molecule has 0 aromatic rings. The first kappa shape index (κ1) is 7.18. The van der Waals surface area contributed by atoms with Crippen molar-refractivity contribution in [2.24, 2.45) is 11.8 Å². The molecule has 3 unspecified atom stereocenters. The fraction of sp³-hybridized carbons (Fsp3) is 1.00. The fourth-order valence-electron chi connectivity index (χ4n) is 1.62. The van der Waals surface area contributed by atoms with Crippen LogP contribution in [0, 0.1) is 11.8 Å². The standard InChI is InChI=1S/C8H16B/c1-4-6(2)8-5-9-7(8)3/h6-8H,4-5H2,1-3H3. The summed E-state index contributed by atoms with van der Waals surface area (Å²) in [6.07, 6.45) is 2.72. The van der Waals surface area contributed by atoms with Crippen molar-refractivity contribution in [1.82, 2.24) is 0 Å². The molecule has 0 bridgehead atoms. The maximum atomic E-state index is 2.43. The molecule has 1 rings (SSSR count). The van der Waals surface area contributed by atoms with Crippen LogP contribution in [0.5, 0.6) is 0 Å². The third-order valence-corrected chi connectivity index (χ3v) is 2.83. The van der Waals surface area contributed by atoms with Crippen molar-refractivity contribution >= 4 is 7.28 Å². The van der Waals surface area contributed by atoms with Gasteiger partial charge in [-0.3, -0.25) is 0 Å². The molecule has 1 aliphatic heterocycles. The van der Waals surface area contributed by atoms with E-state index in [2.05, 4.69) is 28.1 Å². The zero-order chi connectivity index (χ0) is 6.85. The van der Waals surface area contributed by atoms with E-state index in [0.29, 0.717) is 0 Å². The molecule has 0 N–H and O–H groups in total. The largest absolute Gasteiger partial charge is 0.113 e. The van der Waals surface area contributed by atoms with E-state index in [1.165, 1.54) is 12.7 Å². The normalized spacial score (nSPS) is 36.8. The summed E-state index contributed by atoms with van der Waals surface area (Å²) in [4.78, 5) is 0. The topological polar surface area (TPSA) is 0 Å². The molecule has 1 aliphatic rings. The van der Waals surface area contributed by atoms with E-state index in [9.17, 15) is 0 Å². The van der Waals surface area contributed by atoms with Gasteiger partial charge in [0.15, 0.2) is 0 Å². The molecule has 9 heavy (non-hydrogen) atoms. The van der Waals surface area contributed by atoms with Crippen molar-refractivity contribution in [3.05, 3.63) is 0 Å². The second-order valence-corrected chi connectivity index (χ2v) is 3.38. The smallest absolute Gasteiger partial charge is 0.0774 e. The Morgan fingerprint density at radius 2 is 2.33 bits per heavy atom. The van der Waals surface area contributed by atoms with Gasteiger partial charge in [0.05, 0.1) is 0 Å². The summed E-state index contributed by atoms with van der Waals surface area (Å²) in [5.41, 5.74) is 0. The summed E-state index contributed by atoms with van der Waals surface area (Å²) >= 11 is 0. The molecule has 1 saturated heterocycles. The molecule has 0 spiro atoms. The molecular formula is C8H16B. The van der Waals surface area contributed by atoms with Crippen LogP contribution < -0.4 is 0 Å². The molecule has 0 nitrogen and oxygen atoms in total. The lowest BCUT2D eigenvalue weighted by atomic mass is 9.41. The minimum atomic E-state index is 0.903. The molecule has 1 fully saturated rings. The van der Waals surface area contributed by atoms with Crippen LogP contribution in [0.1, 0.15) is 27.2 Å². The molecule has 1 heteroatoms. The lowest BCUT2D eigenvalue weighted by Crippen LogP contribution is -2.30. The monoisotopic (exact) mass is 123 g/mol. The van der Waals surface area contributed by atoms with Gasteiger partial charge in [-0.1, -0.05) is 45.2 Å². The van der Waals surface area contributed by atoms with Crippen LogP contribution in [0.15, 0.2) is 0 Å². The van der Waals surface area contributed by atoms with Crippen LogP contribution in [-0.2, 0) is 0 Å². The lowest BCUT2D eigenvalue weighted by molar-refractivity contribution is 0.334. The summed E-state index contributed by atoms with van der Waals surface area (Å²) in [7, 11) is 2.43. The highest BCUT2D eigenvalue weighted by molar-refractivity contribution is 6.41. The van der Waals surface area contributed by atoms with E-state index < -0.39 is 0 Å². The average Bonchev–Trinajstić information content (AvgIpc) is 1.84. The minimum absolute atomic E-state index is 0.903. The van der Waals surface area contributed by atoms with Gasteiger partial charge in [0.1, 0.15) is 7.28 Å². The third-order valence-electron chi connectivity index (χ3n) is 2.83. The van der Waals surface area contributed by atoms with Crippen LogP contribution in [0.4, 0.5) is 0 Å². The zero-order valence-corrected chi connectivity index (χ0v) is 6.72. The zero-order valence-electron chi connectivity index (χ0n) is 6.72. The average molecular weight is 123 g/mol. The molecule has 0 aromatic heterocycles. The van der Waals surface area contributed by atoms with Crippen LogP contribution in [0.2, 0.25) is 12.1 Å². The summed E-state index contributed by atoms with van der Waals surface area (Å²) in [5.74, 6) is 2.86. The van der Waals surface area contributed by atoms with Gasteiger partial charge in [-0.05, 0) is 5.92 Å². The highest BCUT2D eigenvalue weighted by Crippen LogP contribution is 2.39. The Bertz CT molecular complexity index is 90.6. The van der Waals surface area contributed by atoms with Gasteiger partial charge in [-0.25, -0.2) is 0 Å². The predicted molar refractivity (Wildman–Crippen MR) is 42.9 cm³/mol. The molecule has 0 amide bonds. The first-order valence-corrected chi connectivity index (χ1v) is 4.09. The molecule has 1 radical (unpaired) electrons. The summed E-state index contributed by atoms with van der Waals surface area (Å²) in [6, 6.07) is 0. The lowest BCUT2D eigenvalue weighted by Gasteiger charge is -2.37. The third kappa shape index (κ3) is 1.31. The van der Waals surface area contributed by atoms with Gasteiger partial charge in [0.25, 0.3) is 0 Å². The van der Waals surface area contributed by atoms with Crippen molar-refractivity contribution in [2.45, 2.75) is 39.3 Å². The highest BCUT2D eigenvalue weighted by Gasteiger charge is 2.30. The van der Waals surface area contributed by atoms with Gasteiger partial charge < -0.3 is 0 Å². The predicted octanol–water partition coefficient (Wildman–Crippen LogP) is 2.59. The Kier molecular flexibility index (Phi) is 2.20. The van der Waals surface area contributed by atoms with Gasteiger partial charge in [0, 0.05) is 0 Å². The maximum Gasteiger partial charge on any atom is 0.113 e. The van der Waals surface area contributed by atoms with Gasteiger partial charge in [0.2, 0.25) is 0 Å². The van der Waals surface area contributed by atoms with Crippen molar-refractivity contribution in [3.63, 3.8) is 0 Å². The van der Waals surface area contributed by atoms with Crippen LogP contribution in [0.25, 0.3) is 0 Å². The van der Waals surface area contributed by atoms with E-state index in [4.69, 9.17) is 0 Å². The summed E-state index contributed by atoms with van der Waals surface area (Å²) in [5, 5.41) is 0. The first-order valence-electron chi connectivity index (χ1n) is 4.09. The molecule has 0 aromatic carbocycles. The number of hydrogen-bond acceptors (Lipinski definition) is 0. The Balaban J connectivity index is 2.25. The SMILES string of the molecule is CCC(C)C1C[B]C1C. The van der Waals surface area contributed by atoms with Gasteiger partial charge in [-0.2, -0.15) is 0 Å². The van der Waals surface area contributed by atoms with E-state index in [1.54, 1.807) is 0 Å². The number of hydrogen-bond donors (Lipinski definition) is 0. The Morgan fingerprint density at radius 3 is 2.44 bits per heavy atom. The van der Waals surface area contributed by atoms with Crippen molar-refractivity contribution in [2.75, 3.05) is 0 Å². The maximum absolute atomic E-state index is 2.43. The van der Waals surface area contributed by atoms with Crippen molar-refractivity contribution in [1.29, 1.82) is 0 Å². The summed E-state index contributed by atoms with van der Waals surface area (Å²) in [6.45, 7) is 6.99. The Morgan fingerprint density at radius 1 is 1.67 bits per heavy atom. The van der Waals surface area contributed by atoms with E-state index in [0.717, 1.165) is 17.7 Å². The van der Waals surface area contributed by atoms with E-state index in [-0.39, 0.29) is 0 Å². The Labute approximate surface area is 59.3 Å². The molecule has 0 saturated carbocycles. The van der Waals surface area contributed by atoms with Crippen LogP contribution in [-0.4, -0.2) is 7.28 Å². The first-order chi connectivity index (χ1) is 4.25. The van der Waals surface area contributed by atoms with Gasteiger partial charge >= 0.3 is 0 Å². The second kappa shape index (κ2) is 2.77. The molecule has 51 valence electrons. The molecule has 1 heterocycles. The minimum Gasteiger partial charge on any atom is -0.0774 e. The number of rotatable bonds is 2. The Hall–Kier alpha value is 0.0649. The summed E-state index contributed by atoms with van der Waals surface area (Å²) < 4.78 is 0. The highest BCUT2D eigenvalue weighted by atomic mass is 14.3. The quantitative estimate of drug-likeness (QED) is 0.495. The van der Waals surface area contributed by atoms with Crippen LogP contribution in [0.3, 0.4) is 0 Å². The second-order valence-electron chi connectivity index (χ2n) is 3.38. The van der Waals surface area contributed by atoms with Gasteiger partial charge in [-0.15, -0.1) is 0 Å².